The van der Waals surface area contributed by atoms with Crippen LogP contribution in [0.15, 0.2) is 37.2 Å². The van der Waals surface area contributed by atoms with E-state index in [1.807, 2.05) is 12.4 Å². The predicted octanol–water partition coefficient (Wildman–Crippen LogP) is 5.06. The highest BCUT2D eigenvalue weighted by Crippen LogP contribution is 2.40. The molecule has 1 saturated carbocycles. The molecule has 2 nitrogen and oxygen atoms in total. The van der Waals surface area contributed by atoms with Gasteiger partial charge >= 0.3 is 0 Å². The van der Waals surface area contributed by atoms with E-state index < -0.39 is 0 Å². The smallest absolute Gasteiger partial charge is 0.0305 e. The highest BCUT2D eigenvalue weighted by molar-refractivity contribution is 5.21. The molecule has 1 heterocycles. The van der Waals surface area contributed by atoms with Gasteiger partial charge in [0.1, 0.15) is 0 Å². The van der Waals surface area contributed by atoms with E-state index in [1.54, 1.807) is 0 Å². The Labute approximate surface area is 137 Å². The molecule has 0 aliphatic heterocycles. The van der Waals surface area contributed by atoms with Gasteiger partial charge in [0.25, 0.3) is 0 Å². The molecule has 0 spiro atoms. The van der Waals surface area contributed by atoms with Crippen molar-refractivity contribution in [1.29, 1.82) is 0 Å². The third-order valence-corrected chi connectivity index (χ3v) is 5.39. The predicted molar refractivity (Wildman–Crippen MR) is 97.2 cm³/mol. The molecule has 0 amide bonds. The summed E-state index contributed by atoms with van der Waals surface area (Å²) in [6.07, 6.45) is 11.0. The van der Waals surface area contributed by atoms with Gasteiger partial charge in [0.15, 0.2) is 0 Å². The van der Waals surface area contributed by atoms with Crippen LogP contribution in [0.4, 0.5) is 0 Å². The average molecular weight is 303 g/mol. The first-order valence-corrected chi connectivity index (χ1v) is 8.23. The zero-order chi connectivity index (χ0) is 15.5. The molecule has 1 aliphatic carbocycles. The maximum absolute atomic E-state index is 4.30. The zero-order valence-electron chi connectivity index (χ0n) is 14.0. The molecule has 124 valence electrons. The summed E-state index contributed by atoms with van der Waals surface area (Å²) >= 11 is 0. The van der Waals surface area contributed by atoms with E-state index >= 15 is 0 Å². The van der Waals surface area contributed by atoms with E-state index in [2.05, 4.69) is 62.5 Å². The fraction of sp³-hybridized carbons (Fsp3) is 0.650. The summed E-state index contributed by atoms with van der Waals surface area (Å²) in [7, 11) is 2.27. The number of nitrogens with zero attached hydrogens (tertiary/aromatic N) is 2. The molecule has 0 N–H and O–H groups in total. The summed E-state index contributed by atoms with van der Waals surface area (Å²) in [6.45, 7) is 11.0. The molecule has 1 atom stereocenters. The first kappa shape index (κ1) is 18.9. The molecular formula is C20H34N2. The van der Waals surface area contributed by atoms with Gasteiger partial charge in [-0.1, -0.05) is 40.3 Å². The van der Waals surface area contributed by atoms with E-state index in [1.165, 1.54) is 31.2 Å². The molecule has 0 radical (unpaired) electrons. The molecule has 0 bridgehead atoms. The molecule has 1 aromatic heterocycles. The first-order chi connectivity index (χ1) is 9.98. The van der Waals surface area contributed by atoms with E-state index in [4.69, 9.17) is 0 Å². The number of aromatic nitrogens is 1. The fourth-order valence-electron chi connectivity index (χ4n) is 3.81. The second kappa shape index (κ2) is 7.92. The molecule has 0 aromatic carbocycles. The summed E-state index contributed by atoms with van der Waals surface area (Å²) in [5.74, 6) is 0.624. The van der Waals surface area contributed by atoms with Crippen molar-refractivity contribution in [2.75, 3.05) is 7.05 Å². The fourth-order valence-corrected chi connectivity index (χ4v) is 3.81. The number of pyridine rings is 1. The number of likely N-dealkylation sites (N-methyl/N-ethyl adjacent to an activating group) is 1. The SMILES string of the molecule is C.C=CC(C(C)C)N(C)C1CCC(C)(c2cccnc2)CC1. The van der Waals surface area contributed by atoms with Gasteiger partial charge in [0.2, 0.25) is 0 Å². The molecule has 1 fully saturated rings. The van der Waals surface area contributed by atoms with Crippen molar-refractivity contribution in [2.45, 2.75) is 71.4 Å². The molecule has 2 rings (SSSR count). The number of hydrogen-bond acceptors (Lipinski definition) is 2. The Morgan fingerprint density at radius 3 is 2.45 bits per heavy atom. The van der Waals surface area contributed by atoms with Crippen molar-refractivity contribution in [2.24, 2.45) is 5.92 Å². The van der Waals surface area contributed by atoms with Crippen LogP contribution in [-0.2, 0) is 5.41 Å². The van der Waals surface area contributed by atoms with Crippen LogP contribution >= 0.6 is 0 Å². The zero-order valence-corrected chi connectivity index (χ0v) is 14.0. The minimum absolute atomic E-state index is 0. The van der Waals surface area contributed by atoms with Crippen LogP contribution in [0, 0.1) is 5.92 Å². The van der Waals surface area contributed by atoms with Crippen LogP contribution in [0.25, 0.3) is 0 Å². The number of hydrogen-bond donors (Lipinski definition) is 0. The highest BCUT2D eigenvalue weighted by atomic mass is 15.2. The van der Waals surface area contributed by atoms with Crippen LogP contribution in [0.1, 0.15) is 59.4 Å². The van der Waals surface area contributed by atoms with Crippen LogP contribution in [0.2, 0.25) is 0 Å². The maximum atomic E-state index is 4.30. The Bertz CT molecular complexity index is 444. The van der Waals surface area contributed by atoms with Crippen LogP contribution in [0.5, 0.6) is 0 Å². The lowest BCUT2D eigenvalue weighted by Gasteiger charge is -2.43. The van der Waals surface area contributed by atoms with Crippen LogP contribution in [-0.4, -0.2) is 29.0 Å². The molecule has 1 aromatic rings. The van der Waals surface area contributed by atoms with E-state index in [0.717, 1.165) is 0 Å². The lowest BCUT2D eigenvalue weighted by Crippen LogP contribution is -2.45. The van der Waals surface area contributed by atoms with Gasteiger partial charge in [-0.05, 0) is 55.7 Å². The minimum Gasteiger partial charge on any atom is -0.297 e. The lowest BCUT2D eigenvalue weighted by molar-refractivity contribution is 0.112. The summed E-state index contributed by atoms with van der Waals surface area (Å²) in [6, 6.07) is 5.46. The minimum atomic E-state index is 0. The van der Waals surface area contributed by atoms with Crippen molar-refractivity contribution in [1.82, 2.24) is 9.88 Å². The van der Waals surface area contributed by atoms with Gasteiger partial charge < -0.3 is 0 Å². The normalized spacial score (nSPS) is 26.5. The van der Waals surface area contributed by atoms with Crippen LogP contribution < -0.4 is 0 Å². The molecule has 1 aliphatic rings. The Balaban J connectivity index is 0.00000242. The van der Waals surface area contributed by atoms with E-state index in [9.17, 15) is 0 Å². The third-order valence-electron chi connectivity index (χ3n) is 5.39. The van der Waals surface area contributed by atoms with Crippen molar-refractivity contribution in [3.8, 4) is 0 Å². The monoisotopic (exact) mass is 302 g/mol. The quantitative estimate of drug-likeness (QED) is 0.707. The molecule has 0 saturated heterocycles. The second-order valence-corrected chi connectivity index (χ2v) is 7.17. The van der Waals surface area contributed by atoms with E-state index in [-0.39, 0.29) is 7.43 Å². The van der Waals surface area contributed by atoms with Crippen molar-refractivity contribution < 1.29 is 0 Å². The molecular weight excluding hydrogens is 268 g/mol. The largest absolute Gasteiger partial charge is 0.297 e. The highest BCUT2D eigenvalue weighted by Gasteiger charge is 2.35. The van der Waals surface area contributed by atoms with Gasteiger partial charge in [0, 0.05) is 24.5 Å². The van der Waals surface area contributed by atoms with Crippen molar-refractivity contribution >= 4 is 0 Å². The average Bonchev–Trinajstić information content (AvgIpc) is 2.49. The Kier molecular flexibility index (Phi) is 6.80. The summed E-state index contributed by atoms with van der Waals surface area (Å²) in [5, 5.41) is 0. The van der Waals surface area contributed by atoms with E-state index in [0.29, 0.717) is 23.4 Å². The Hall–Kier alpha value is -1.15. The summed E-state index contributed by atoms with van der Waals surface area (Å²) in [4.78, 5) is 6.84. The maximum Gasteiger partial charge on any atom is 0.0305 e. The van der Waals surface area contributed by atoms with Gasteiger partial charge in [-0.15, -0.1) is 6.58 Å². The lowest BCUT2D eigenvalue weighted by atomic mass is 9.69. The third kappa shape index (κ3) is 3.98. The molecule has 2 heteroatoms. The van der Waals surface area contributed by atoms with Gasteiger partial charge in [-0.25, -0.2) is 0 Å². The second-order valence-electron chi connectivity index (χ2n) is 7.17. The molecule has 1 unspecified atom stereocenters. The standard InChI is InChI=1S/C19H30N2.CH4/c1-6-18(15(2)3)21(5)17-9-11-19(4,12-10-17)16-8-7-13-20-14-16;/h6-8,13-15,17-18H,1,9-12H2,2-5H3;1H4. The van der Waals surface area contributed by atoms with Gasteiger partial charge in [-0.2, -0.15) is 0 Å². The number of rotatable bonds is 5. The topological polar surface area (TPSA) is 16.1 Å². The van der Waals surface area contributed by atoms with Crippen molar-refractivity contribution in [3.05, 3.63) is 42.7 Å². The van der Waals surface area contributed by atoms with Crippen LogP contribution in [0.3, 0.4) is 0 Å². The summed E-state index contributed by atoms with van der Waals surface area (Å²) < 4.78 is 0. The van der Waals surface area contributed by atoms with Gasteiger partial charge in [-0.3, -0.25) is 9.88 Å². The molecule has 22 heavy (non-hydrogen) atoms. The summed E-state index contributed by atoms with van der Waals surface area (Å²) in [5.41, 5.74) is 1.70. The Morgan fingerprint density at radius 2 is 2.00 bits per heavy atom. The first-order valence-electron chi connectivity index (χ1n) is 8.23. The van der Waals surface area contributed by atoms with Crippen molar-refractivity contribution in [3.63, 3.8) is 0 Å². The Morgan fingerprint density at radius 1 is 1.36 bits per heavy atom. The van der Waals surface area contributed by atoms with Gasteiger partial charge in [0.05, 0.1) is 0 Å².